The maximum absolute atomic E-state index is 11.3. The average molecular weight is 304 g/mol. The van der Waals surface area contributed by atoms with Gasteiger partial charge in [0.05, 0.1) is 10.3 Å². The smallest absolute Gasteiger partial charge is 0.282 e. The van der Waals surface area contributed by atoms with Crippen molar-refractivity contribution in [1.29, 1.82) is 0 Å². The average Bonchev–Trinajstić information content (AvgIpc) is 2.46. The summed E-state index contributed by atoms with van der Waals surface area (Å²) in [5.74, 6) is 0. The molecule has 0 aromatic heterocycles. The van der Waals surface area contributed by atoms with Crippen LogP contribution in [0.4, 0.5) is 0 Å². The van der Waals surface area contributed by atoms with Crippen LogP contribution in [0.25, 0.3) is 4.91 Å². The molecule has 102 valence electrons. The number of fused-ring (bicyclic) bond motifs is 1. The normalized spacial score (nSPS) is 16.1. The van der Waals surface area contributed by atoms with Gasteiger partial charge in [-0.2, -0.15) is 16.8 Å². The molecule has 0 unspecified atom stereocenters. The fraction of sp³-hybridized carbons (Fsp3) is 0.111. The highest BCUT2D eigenvalue weighted by molar-refractivity contribution is 8.02. The van der Waals surface area contributed by atoms with Gasteiger partial charge in [0.15, 0.2) is 5.04 Å². The Balaban J connectivity index is 2.89. The summed E-state index contributed by atoms with van der Waals surface area (Å²) in [6, 6.07) is 5.79. The van der Waals surface area contributed by atoms with Gasteiger partial charge in [-0.25, -0.2) is 0 Å². The molecule has 19 heavy (non-hydrogen) atoms. The minimum atomic E-state index is -4.70. The molecule has 0 saturated carbocycles. The molecule has 1 aromatic rings. The molecule has 0 amide bonds. The van der Waals surface area contributed by atoms with Gasteiger partial charge in [-0.15, -0.1) is 10.2 Å². The molecule has 10 heteroatoms. The van der Waals surface area contributed by atoms with E-state index in [0.717, 1.165) is 0 Å². The van der Waals surface area contributed by atoms with Crippen molar-refractivity contribution in [3.05, 3.63) is 34.8 Å². The van der Waals surface area contributed by atoms with Gasteiger partial charge in [-0.1, -0.05) is 18.2 Å². The lowest BCUT2D eigenvalue weighted by atomic mass is 10.2. The Bertz CT molecular complexity index is 883. The van der Waals surface area contributed by atoms with E-state index in [0.29, 0.717) is 0 Å². The highest BCUT2D eigenvalue weighted by Crippen LogP contribution is 2.14. The molecule has 1 heterocycles. The molecule has 0 aliphatic carbocycles. The van der Waals surface area contributed by atoms with Crippen LogP contribution >= 0.6 is 0 Å². The Hall–Kier alpha value is -1.62. The molecule has 0 spiro atoms. The fourth-order valence-corrected chi connectivity index (χ4v) is 2.88. The van der Waals surface area contributed by atoms with Crippen LogP contribution in [-0.4, -0.2) is 31.0 Å². The fourth-order valence-electron chi connectivity index (χ4n) is 1.55. The Morgan fingerprint density at radius 1 is 0.947 bits per heavy atom. The van der Waals surface area contributed by atoms with Crippen LogP contribution in [0.1, 0.15) is 6.42 Å². The van der Waals surface area contributed by atoms with Crippen LogP contribution < -0.4 is 10.6 Å². The highest BCUT2D eigenvalue weighted by atomic mass is 32.2. The van der Waals surface area contributed by atoms with Gasteiger partial charge in [0.25, 0.3) is 10.1 Å². The molecular weight excluding hydrogens is 296 g/mol. The Morgan fingerprint density at radius 3 is 2.16 bits per heavy atom. The molecular formula is C9H8N2O6S2. The van der Waals surface area contributed by atoms with Gasteiger partial charge < -0.3 is 0 Å². The maximum Gasteiger partial charge on any atom is 0.310 e. The maximum atomic E-state index is 11.3. The van der Waals surface area contributed by atoms with Crippen molar-refractivity contribution in [3.63, 3.8) is 0 Å². The topological polar surface area (TPSA) is 133 Å². The van der Waals surface area contributed by atoms with E-state index in [1.54, 1.807) is 0 Å². The first kappa shape index (κ1) is 13.8. The van der Waals surface area contributed by atoms with Crippen molar-refractivity contribution in [2.24, 2.45) is 10.2 Å². The second kappa shape index (κ2) is 4.49. The third-order valence-electron chi connectivity index (χ3n) is 2.39. The van der Waals surface area contributed by atoms with Crippen molar-refractivity contribution in [1.82, 2.24) is 0 Å². The number of benzene rings is 1. The standard InChI is InChI=1S/C9H8N2O6S2/c12-18(13,14)8-5-9(19(15,16)17)11-10-7-4-2-1-3-6(7)8/h1-4H,5H2,(H,12,13,14)(H,15,16,17). The molecule has 0 saturated heterocycles. The molecule has 8 nitrogen and oxygen atoms in total. The quantitative estimate of drug-likeness (QED) is 0.633. The van der Waals surface area contributed by atoms with E-state index in [1.165, 1.54) is 24.3 Å². The van der Waals surface area contributed by atoms with Crippen LogP contribution in [0.3, 0.4) is 0 Å². The van der Waals surface area contributed by atoms with Crippen molar-refractivity contribution in [2.45, 2.75) is 6.42 Å². The summed E-state index contributed by atoms with van der Waals surface area (Å²) in [5, 5.41) is 6.12. The lowest BCUT2D eigenvalue weighted by molar-refractivity contribution is 0.495. The molecule has 2 N–H and O–H groups in total. The minimum Gasteiger partial charge on any atom is -0.282 e. The summed E-state index contributed by atoms with van der Waals surface area (Å²) >= 11 is 0. The van der Waals surface area contributed by atoms with Crippen LogP contribution in [0.15, 0.2) is 34.5 Å². The summed E-state index contributed by atoms with van der Waals surface area (Å²) in [5.41, 5.74) is 0. The minimum absolute atomic E-state index is 0.0346. The third kappa shape index (κ3) is 2.87. The highest BCUT2D eigenvalue weighted by Gasteiger charge is 2.26. The predicted molar refractivity (Wildman–Crippen MR) is 65.8 cm³/mol. The van der Waals surface area contributed by atoms with Gasteiger partial charge in [0.2, 0.25) is 0 Å². The van der Waals surface area contributed by atoms with Crippen molar-refractivity contribution in [3.8, 4) is 0 Å². The monoisotopic (exact) mass is 304 g/mol. The van der Waals surface area contributed by atoms with E-state index >= 15 is 0 Å². The number of nitrogens with zero attached hydrogens (tertiary/aromatic N) is 2. The molecule has 0 bridgehead atoms. The summed E-state index contributed by atoms with van der Waals surface area (Å²) in [6.07, 6.45) is -0.766. The van der Waals surface area contributed by atoms with E-state index in [4.69, 9.17) is 9.11 Å². The molecule has 1 aromatic carbocycles. The molecule has 0 atom stereocenters. The second-order valence-corrected chi connectivity index (χ2v) is 6.53. The SMILES string of the molecule is O=S(=O)(O)C1=NN=c2ccccc2=C(S(=O)(=O)O)C1. The van der Waals surface area contributed by atoms with Crippen molar-refractivity contribution in [2.75, 3.05) is 0 Å². The zero-order valence-corrected chi connectivity index (χ0v) is 10.9. The third-order valence-corrected chi connectivity index (χ3v) is 4.20. The van der Waals surface area contributed by atoms with Gasteiger partial charge >= 0.3 is 10.1 Å². The van der Waals surface area contributed by atoms with Crippen LogP contribution in [0.2, 0.25) is 0 Å². The summed E-state index contributed by atoms with van der Waals surface area (Å²) in [6.45, 7) is 0. The molecule has 0 fully saturated rings. The Morgan fingerprint density at radius 2 is 1.58 bits per heavy atom. The van der Waals surface area contributed by atoms with Crippen molar-refractivity contribution < 1.29 is 25.9 Å². The van der Waals surface area contributed by atoms with E-state index in [2.05, 4.69) is 10.2 Å². The van der Waals surface area contributed by atoms with E-state index in [9.17, 15) is 16.8 Å². The van der Waals surface area contributed by atoms with Crippen LogP contribution in [0, 0.1) is 0 Å². The van der Waals surface area contributed by atoms with E-state index in [1.807, 2.05) is 0 Å². The Labute approximate surface area is 108 Å². The molecule has 0 radical (unpaired) electrons. The molecule has 2 rings (SSSR count). The van der Waals surface area contributed by atoms with Crippen LogP contribution in [0.5, 0.6) is 0 Å². The predicted octanol–water partition coefficient (Wildman–Crippen LogP) is -1.09. The van der Waals surface area contributed by atoms with Crippen LogP contribution in [-0.2, 0) is 20.2 Å². The summed E-state index contributed by atoms with van der Waals surface area (Å²) in [7, 11) is -9.36. The van der Waals surface area contributed by atoms with E-state index < -0.39 is 36.6 Å². The lowest BCUT2D eigenvalue weighted by Crippen LogP contribution is -2.29. The van der Waals surface area contributed by atoms with Gasteiger partial charge in [-0.05, 0) is 6.07 Å². The zero-order valence-electron chi connectivity index (χ0n) is 9.25. The van der Waals surface area contributed by atoms with Gasteiger partial charge in [0.1, 0.15) is 0 Å². The number of hydrogen-bond acceptors (Lipinski definition) is 6. The van der Waals surface area contributed by atoms with Crippen molar-refractivity contribution >= 4 is 30.2 Å². The first-order valence-electron chi connectivity index (χ1n) is 4.87. The number of rotatable bonds is 1. The molecule has 1 aliphatic rings. The first-order valence-corrected chi connectivity index (χ1v) is 7.75. The largest absolute Gasteiger partial charge is 0.310 e. The summed E-state index contributed by atoms with van der Waals surface area (Å²) in [4.78, 5) is -0.583. The van der Waals surface area contributed by atoms with E-state index in [-0.39, 0.29) is 10.6 Å². The molecule has 1 aliphatic heterocycles. The number of hydrogen-bond donors (Lipinski definition) is 2. The van der Waals surface area contributed by atoms with Gasteiger partial charge in [-0.3, -0.25) is 9.11 Å². The first-order chi connectivity index (χ1) is 8.69. The Kier molecular flexibility index (Phi) is 3.26. The zero-order chi connectivity index (χ0) is 14.3. The van der Waals surface area contributed by atoms with Gasteiger partial charge in [0, 0.05) is 11.6 Å². The lowest BCUT2D eigenvalue weighted by Gasteiger charge is -2.02. The second-order valence-electron chi connectivity index (χ2n) is 3.66. The summed E-state index contributed by atoms with van der Waals surface area (Å²) < 4.78 is 62.8.